The van der Waals surface area contributed by atoms with Crippen LogP contribution in [0.5, 0.6) is 0 Å². The molecule has 1 saturated carbocycles. The summed E-state index contributed by atoms with van der Waals surface area (Å²) < 4.78 is 21.4. The Morgan fingerprint density at radius 1 is 1.31 bits per heavy atom. The first-order valence-corrected chi connectivity index (χ1v) is 5.87. The normalized spacial score (nSPS) is 31.5. The predicted octanol–water partition coefficient (Wildman–Crippen LogP) is 0.478. The molecule has 1 aliphatic rings. The van der Waals surface area contributed by atoms with E-state index in [0.29, 0.717) is 18.4 Å². The molecule has 1 atom stereocenters. The summed E-state index contributed by atoms with van der Waals surface area (Å²) in [4.78, 5) is 0. The lowest BCUT2D eigenvalue weighted by atomic mass is 9.82. The van der Waals surface area contributed by atoms with Crippen molar-refractivity contribution >= 4 is 11.3 Å². The highest BCUT2D eigenvalue weighted by Crippen LogP contribution is 2.27. The van der Waals surface area contributed by atoms with E-state index in [1.165, 1.54) is 12.8 Å². The van der Waals surface area contributed by atoms with E-state index in [1.807, 2.05) is 0 Å². The molecule has 0 spiro atoms. The Balaban J connectivity index is 2.14. The van der Waals surface area contributed by atoms with Gasteiger partial charge in [-0.05, 0) is 44.1 Å². The van der Waals surface area contributed by atoms with Gasteiger partial charge in [0.1, 0.15) is 0 Å². The van der Waals surface area contributed by atoms with Gasteiger partial charge < -0.3 is 5.73 Å². The van der Waals surface area contributed by atoms with Gasteiger partial charge in [0, 0.05) is 6.54 Å². The highest BCUT2D eigenvalue weighted by atomic mass is 32.2. The first-order chi connectivity index (χ1) is 6.22. The van der Waals surface area contributed by atoms with Crippen molar-refractivity contribution in [3.8, 4) is 0 Å². The van der Waals surface area contributed by atoms with E-state index < -0.39 is 11.3 Å². The number of hydrogen-bond acceptors (Lipinski definition) is 2. The first-order valence-electron chi connectivity index (χ1n) is 4.76. The minimum absolute atomic E-state index is 0.555. The van der Waals surface area contributed by atoms with Crippen molar-refractivity contribution < 1.29 is 8.76 Å². The minimum atomic E-state index is -1.85. The molecule has 5 heteroatoms. The second-order valence-corrected chi connectivity index (χ2v) is 4.51. The molecule has 0 aromatic carbocycles. The molecular weight excluding hydrogens is 188 g/mol. The molecule has 1 unspecified atom stereocenters. The van der Waals surface area contributed by atoms with Crippen LogP contribution in [0, 0.1) is 11.8 Å². The number of nitrogens with two attached hydrogens (primary N) is 1. The molecule has 0 radical (unpaired) electrons. The summed E-state index contributed by atoms with van der Waals surface area (Å²) in [5, 5.41) is 0. The zero-order chi connectivity index (χ0) is 9.68. The summed E-state index contributed by atoms with van der Waals surface area (Å²) in [6, 6.07) is 0. The monoisotopic (exact) mass is 206 g/mol. The fourth-order valence-electron chi connectivity index (χ4n) is 1.86. The van der Waals surface area contributed by atoms with Crippen LogP contribution in [0.2, 0.25) is 0 Å². The average Bonchev–Trinajstić information content (AvgIpc) is 2.15. The third-order valence-electron chi connectivity index (χ3n) is 2.80. The fourth-order valence-corrected chi connectivity index (χ4v) is 2.24. The van der Waals surface area contributed by atoms with Gasteiger partial charge in [-0.2, -0.15) is 0 Å². The van der Waals surface area contributed by atoms with Crippen molar-refractivity contribution in [1.82, 2.24) is 4.72 Å². The summed E-state index contributed by atoms with van der Waals surface area (Å²) in [5.41, 5.74) is 5.57. The lowest BCUT2D eigenvalue weighted by molar-refractivity contribution is 0.280. The highest BCUT2D eigenvalue weighted by molar-refractivity contribution is 7.77. The molecule has 1 fully saturated rings. The van der Waals surface area contributed by atoms with E-state index in [-0.39, 0.29) is 0 Å². The van der Waals surface area contributed by atoms with Crippen LogP contribution >= 0.6 is 0 Å². The lowest BCUT2D eigenvalue weighted by Crippen LogP contribution is -2.29. The molecule has 0 aromatic heterocycles. The number of nitrogens with one attached hydrogen (secondary N) is 1. The van der Waals surface area contributed by atoms with Crippen LogP contribution < -0.4 is 10.5 Å². The second-order valence-electron chi connectivity index (χ2n) is 3.72. The summed E-state index contributed by atoms with van der Waals surface area (Å²) >= 11 is -1.85. The Morgan fingerprint density at radius 3 is 2.31 bits per heavy atom. The summed E-state index contributed by atoms with van der Waals surface area (Å²) in [5.74, 6) is 1.23. The minimum Gasteiger partial charge on any atom is -0.330 e. The molecule has 1 aliphatic carbocycles. The van der Waals surface area contributed by atoms with Crippen LogP contribution in [0.15, 0.2) is 0 Å². The maximum atomic E-state index is 10.3. The quantitative estimate of drug-likeness (QED) is 0.586. The molecule has 0 aliphatic heterocycles. The van der Waals surface area contributed by atoms with Crippen molar-refractivity contribution in [2.75, 3.05) is 13.1 Å². The number of rotatable bonds is 4. The molecule has 4 N–H and O–H groups in total. The summed E-state index contributed by atoms with van der Waals surface area (Å²) in [6.45, 7) is 1.44. The zero-order valence-electron chi connectivity index (χ0n) is 7.74. The second kappa shape index (κ2) is 5.70. The SMILES string of the molecule is NCC1CCC(CNS(=O)O)CC1. The van der Waals surface area contributed by atoms with Crippen LogP contribution in [-0.4, -0.2) is 21.9 Å². The van der Waals surface area contributed by atoms with Gasteiger partial charge in [-0.15, -0.1) is 0 Å². The van der Waals surface area contributed by atoms with Gasteiger partial charge in [0.25, 0.3) is 0 Å². The highest BCUT2D eigenvalue weighted by Gasteiger charge is 2.19. The van der Waals surface area contributed by atoms with Crippen molar-refractivity contribution in [2.45, 2.75) is 25.7 Å². The predicted molar refractivity (Wildman–Crippen MR) is 53.3 cm³/mol. The Labute approximate surface area is 81.7 Å². The molecule has 0 aromatic rings. The van der Waals surface area contributed by atoms with Crippen LogP contribution in [0.4, 0.5) is 0 Å². The Bertz CT molecular complexity index is 170. The van der Waals surface area contributed by atoms with Gasteiger partial charge in [-0.1, -0.05) is 0 Å². The van der Waals surface area contributed by atoms with Gasteiger partial charge >= 0.3 is 0 Å². The Morgan fingerprint density at radius 2 is 1.85 bits per heavy atom. The largest absolute Gasteiger partial charge is 0.330 e. The summed E-state index contributed by atoms with van der Waals surface area (Å²) in [7, 11) is 0. The Hall–Kier alpha value is 0.0300. The van der Waals surface area contributed by atoms with Crippen LogP contribution in [-0.2, 0) is 11.3 Å². The smallest absolute Gasteiger partial charge is 0.231 e. The van der Waals surface area contributed by atoms with Crippen LogP contribution in [0.3, 0.4) is 0 Å². The van der Waals surface area contributed by atoms with E-state index >= 15 is 0 Å². The third-order valence-corrected chi connectivity index (χ3v) is 3.21. The van der Waals surface area contributed by atoms with Crippen LogP contribution in [0.25, 0.3) is 0 Å². The van der Waals surface area contributed by atoms with Crippen molar-refractivity contribution in [1.29, 1.82) is 0 Å². The van der Waals surface area contributed by atoms with E-state index in [9.17, 15) is 4.21 Å². The van der Waals surface area contributed by atoms with E-state index in [2.05, 4.69) is 4.72 Å². The van der Waals surface area contributed by atoms with Gasteiger partial charge in [0.15, 0.2) is 0 Å². The molecular formula is C8H18N2O2S. The summed E-state index contributed by atoms with van der Waals surface area (Å²) in [6.07, 6.45) is 4.60. The Kier molecular flexibility index (Phi) is 4.87. The molecule has 0 saturated heterocycles. The molecule has 13 heavy (non-hydrogen) atoms. The van der Waals surface area contributed by atoms with Crippen molar-refractivity contribution in [3.05, 3.63) is 0 Å². The molecule has 4 nitrogen and oxygen atoms in total. The topological polar surface area (TPSA) is 75.3 Å². The number of hydrogen-bond donors (Lipinski definition) is 3. The van der Waals surface area contributed by atoms with Crippen molar-refractivity contribution in [2.24, 2.45) is 17.6 Å². The van der Waals surface area contributed by atoms with Crippen molar-refractivity contribution in [3.63, 3.8) is 0 Å². The van der Waals surface area contributed by atoms with Gasteiger partial charge in [-0.3, -0.25) is 4.55 Å². The van der Waals surface area contributed by atoms with Gasteiger partial charge in [-0.25, -0.2) is 8.93 Å². The fraction of sp³-hybridized carbons (Fsp3) is 1.00. The van der Waals surface area contributed by atoms with E-state index in [0.717, 1.165) is 19.4 Å². The average molecular weight is 206 g/mol. The lowest BCUT2D eigenvalue weighted by Gasteiger charge is -2.27. The van der Waals surface area contributed by atoms with Gasteiger partial charge in [0.05, 0.1) is 0 Å². The standard InChI is InChI=1S/C8H18N2O2S/c9-5-7-1-3-8(4-2-7)6-10-13(11)12/h7-8,10H,1-6,9H2,(H,11,12). The zero-order valence-corrected chi connectivity index (χ0v) is 8.55. The maximum absolute atomic E-state index is 10.3. The first kappa shape index (κ1) is 11.1. The molecule has 0 heterocycles. The molecule has 0 bridgehead atoms. The van der Waals surface area contributed by atoms with E-state index in [1.54, 1.807) is 0 Å². The molecule has 1 rings (SSSR count). The molecule has 0 amide bonds. The third kappa shape index (κ3) is 4.17. The maximum Gasteiger partial charge on any atom is 0.231 e. The van der Waals surface area contributed by atoms with Gasteiger partial charge in [0.2, 0.25) is 11.3 Å². The molecule has 78 valence electrons. The van der Waals surface area contributed by atoms with Crippen LogP contribution in [0.1, 0.15) is 25.7 Å². The van der Waals surface area contributed by atoms with E-state index in [4.69, 9.17) is 10.3 Å².